The zero-order chi connectivity index (χ0) is 19.6. The summed E-state index contributed by atoms with van der Waals surface area (Å²) in [5.74, 6) is 0.158. The van der Waals surface area contributed by atoms with Crippen molar-refractivity contribution >= 4 is 22.5 Å². The standard InChI is InChI=1S/C24H28N4O/c29-24(28-15-13-27(14-16-28)20-7-2-1-3-8-20)21-9-6-10-22-23(21)19(17-25-22)18-26-11-4-5-12-26/h1-3,6-10,17,25H,4-5,11-16,18H2. The molecule has 150 valence electrons. The van der Waals surface area contributed by atoms with Crippen LogP contribution in [-0.4, -0.2) is 60.0 Å². The second kappa shape index (κ2) is 7.91. The summed E-state index contributed by atoms with van der Waals surface area (Å²) in [5, 5.41) is 1.11. The summed E-state index contributed by atoms with van der Waals surface area (Å²) >= 11 is 0. The summed E-state index contributed by atoms with van der Waals surface area (Å²) in [7, 11) is 0. The van der Waals surface area contributed by atoms with Gasteiger partial charge in [0, 0.05) is 61.1 Å². The Morgan fingerprint density at radius 2 is 1.62 bits per heavy atom. The summed E-state index contributed by atoms with van der Waals surface area (Å²) in [6, 6.07) is 16.5. The predicted molar refractivity (Wildman–Crippen MR) is 117 cm³/mol. The van der Waals surface area contributed by atoms with Gasteiger partial charge in [-0.3, -0.25) is 9.69 Å². The maximum absolute atomic E-state index is 13.4. The molecule has 3 aromatic rings. The number of hydrogen-bond acceptors (Lipinski definition) is 3. The van der Waals surface area contributed by atoms with Gasteiger partial charge in [0.2, 0.25) is 0 Å². The molecule has 2 aliphatic heterocycles. The Morgan fingerprint density at radius 1 is 0.862 bits per heavy atom. The molecule has 0 atom stereocenters. The average Bonchev–Trinajstić information content (AvgIpc) is 3.44. The first kappa shape index (κ1) is 18.3. The van der Waals surface area contributed by atoms with Crippen LogP contribution in [-0.2, 0) is 6.54 Å². The maximum Gasteiger partial charge on any atom is 0.254 e. The van der Waals surface area contributed by atoms with Crippen LogP contribution in [0, 0.1) is 0 Å². The van der Waals surface area contributed by atoms with Crippen LogP contribution >= 0.6 is 0 Å². The lowest BCUT2D eigenvalue weighted by Gasteiger charge is -2.36. The first-order chi connectivity index (χ1) is 14.3. The lowest BCUT2D eigenvalue weighted by Crippen LogP contribution is -2.48. The Labute approximate surface area is 171 Å². The van der Waals surface area contributed by atoms with Gasteiger partial charge in [-0.25, -0.2) is 0 Å². The number of fused-ring (bicyclic) bond motifs is 1. The van der Waals surface area contributed by atoms with Crippen LogP contribution in [0.5, 0.6) is 0 Å². The number of hydrogen-bond donors (Lipinski definition) is 1. The second-order valence-electron chi connectivity index (χ2n) is 8.14. The molecule has 1 aromatic heterocycles. The number of likely N-dealkylation sites (tertiary alicyclic amines) is 1. The minimum absolute atomic E-state index is 0.158. The Bertz CT molecular complexity index is 983. The summed E-state index contributed by atoms with van der Waals surface area (Å²) in [4.78, 5) is 23.7. The number of carbonyl (C=O) groups excluding carboxylic acids is 1. The highest BCUT2D eigenvalue weighted by Crippen LogP contribution is 2.27. The van der Waals surface area contributed by atoms with E-state index in [4.69, 9.17) is 0 Å². The smallest absolute Gasteiger partial charge is 0.254 e. The maximum atomic E-state index is 13.4. The molecular weight excluding hydrogens is 360 g/mol. The highest BCUT2D eigenvalue weighted by Gasteiger charge is 2.25. The molecule has 2 aromatic carbocycles. The SMILES string of the molecule is O=C(c1cccc2[nH]cc(CN3CCCC3)c12)N1CCN(c2ccccc2)CC1. The van der Waals surface area contributed by atoms with Gasteiger partial charge in [0.15, 0.2) is 0 Å². The third-order valence-corrected chi connectivity index (χ3v) is 6.30. The number of H-pyrrole nitrogens is 1. The molecule has 0 aliphatic carbocycles. The minimum atomic E-state index is 0.158. The molecule has 2 saturated heterocycles. The van der Waals surface area contributed by atoms with Gasteiger partial charge in [0.25, 0.3) is 5.91 Å². The topological polar surface area (TPSA) is 42.6 Å². The van der Waals surface area contributed by atoms with Gasteiger partial charge in [0.1, 0.15) is 0 Å². The van der Waals surface area contributed by atoms with E-state index in [0.717, 1.165) is 62.3 Å². The number of amides is 1. The number of para-hydroxylation sites is 1. The van der Waals surface area contributed by atoms with Crippen molar-refractivity contribution in [2.75, 3.05) is 44.2 Å². The summed E-state index contributed by atoms with van der Waals surface area (Å²) in [6.07, 6.45) is 4.65. The molecule has 0 bridgehead atoms. The molecule has 5 nitrogen and oxygen atoms in total. The van der Waals surface area contributed by atoms with Crippen LogP contribution in [0.2, 0.25) is 0 Å². The average molecular weight is 389 g/mol. The molecule has 0 spiro atoms. The molecule has 0 radical (unpaired) electrons. The highest BCUT2D eigenvalue weighted by molar-refractivity contribution is 6.07. The summed E-state index contributed by atoms with van der Waals surface area (Å²) < 4.78 is 0. The number of aromatic amines is 1. The van der Waals surface area contributed by atoms with Gasteiger partial charge in [-0.1, -0.05) is 24.3 Å². The van der Waals surface area contributed by atoms with E-state index in [2.05, 4.69) is 51.3 Å². The van der Waals surface area contributed by atoms with Crippen molar-refractivity contribution in [2.45, 2.75) is 19.4 Å². The number of carbonyl (C=O) groups is 1. The fourth-order valence-electron chi connectivity index (χ4n) is 4.72. The van der Waals surface area contributed by atoms with Crippen LogP contribution < -0.4 is 4.90 Å². The zero-order valence-electron chi connectivity index (χ0n) is 16.8. The molecule has 2 aliphatic rings. The molecule has 2 fully saturated rings. The van der Waals surface area contributed by atoms with Gasteiger partial charge in [-0.05, 0) is 55.8 Å². The van der Waals surface area contributed by atoms with Crippen molar-refractivity contribution in [3.63, 3.8) is 0 Å². The molecule has 1 N–H and O–H groups in total. The van der Waals surface area contributed by atoms with Crippen LogP contribution in [0.15, 0.2) is 54.7 Å². The Kier molecular flexibility index (Phi) is 4.98. The molecule has 3 heterocycles. The van der Waals surface area contributed by atoms with Crippen LogP contribution in [0.4, 0.5) is 5.69 Å². The van der Waals surface area contributed by atoms with E-state index in [1.165, 1.54) is 24.1 Å². The molecule has 5 heteroatoms. The summed E-state index contributed by atoms with van der Waals surface area (Å²) in [6.45, 7) is 6.51. The van der Waals surface area contributed by atoms with E-state index >= 15 is 0 Å². The lowest BCUT2D eigenvalue weighted by atomic mass is 10.0. The summed E-state index contributed by atoms with van der Waals surface area (Å²) in [5.41, 5.74) is 4.38. The quantitative estimate of drug-likeness (QED) is 0.741. The Morgan fingerprint density at radius 3 is 2.38 bits per heavy atom. The van der Waals surface area contributed by atoms with Crippen molar-refractivity contribution in [1.29, 1.82) is 0 Å². The van der Waals surface area contributed by atoms with Crippen molar-refractivity contribution in [1.82, 2.24) is 14.8 Å². The Balaban J connectivity index is 1.35. The molecule has 5 rings (SSSR count). The van der Waals surface area contributed by atoms with Crippen LogP contribution in [0.3, 0.4) is 0 Å². The number of rotatable bonds is 4. The van der Waals surface area contributed by atoms with E-state index in [9.17, 15) is 4.79 Å². The van der Waals surface area contributed by atoms with Gasteiger partial charge in [0.05, 0.1) is 0 Å². The molecule has 0 saturated carbocycles. The molecule has 29 heavy (non-hydrogen) atoms. The number of anilines is 1. The lowest BCUT2D eigenvalue weighted by molar-refractivity contribution is 0.0748. The Hall–Kier alpha value is -2.79. The fraction of sp³-hybridized carbons (Fsp3) is 0.375. The normalized spacial score (nSPS) is 17.9. The van der Waals surface area contributed by atoms with E-state index in [1.54, 1.807) is 0 Å². The largest absolute Gasteiger partial charge is 0.368 e. The molecule has 1 amide bonds. The number of nitrogens with zero attached hydrogens (tertiary/aromatic N) is 3. The van der Waals surface area contributed by atoms with Gasteiger partial charge < -0.3 is 14.8 Å². The number of aromatic nitrogens is 1. The van der Waals surface area contributed by atoms with Gasteiger partial charge >= 0.3 is 0 Å². The number of benzene rings is 2. The predicted octanol–water partition coefficient (Wildman–Crippen LogP) is 3.73. The fourth-order valence-corrected chi connectivity index (χ4v) is 4.72. The van der Waals surface area contributed by atoms with Crippen molar-refractivity contribution in [2.24, 2.45) is 0 Å². The van der Waals surface area contributed by atoms with E-state index in [1.807, 2.05) is 23.1 Å². The van der Waals surface area contributed by atoms with Crippen molar-refractivity contribution < 1.29 is 4.79 Å². The second-order valence-corrected chi connectivity index (χ2v) is 8.14. The van der Waals surface area contributed by atoms with Crippen molar-refractivity contribution in [3.8, 4) is 0 Å². The van der Waals surface area contributed by atoms with E-state index in [-0.39, 0.29) is 5.91 Å². The first-order valence-electron chi connectivity index (χ1n) is 10.7. The van der Waals surface area contributed by atoms with E-state index < -0.39 is 0 Å². The van der Waals surface area contributed by atoms with Gasteiger partial charge in [-0.15, -0.1) is 0 Å². The van der Waals surface area contributed by atoms with E-state index in [0.29, 0.717) is 0 Å². The number of nitrogens with one attached hydrogen (secondary N) is 1. The highest BCUT2D eigenvalue weighted by atomic mass is 16.2. The molecular formula is C24H28N4O. The van der Waals surface area contributed by atoms with Gasteiger partial charge in [-0.2, -0.15) is 0 Å². The third kappa shape index (κ3) is 3.62. The van der Waals surface area contributed by atoms with Crippen LogP contribution in [0.25, 0.3) is 10.9 Å². The monoisotopic (exact) mass is 388 g/mol. The first-order valence-corrected chi connectivity index (χ1v) is 10.7. The number of piperazine rings is 1. The molecule has 0 unspecified atom stereocenters. The minimum Gasteiger partial charge on any atom is -0.368 e. The van der Waals surface area contributed by atoms with Crippen molar-refractivity contribution in [3.05, 3.63) is 65.9 Å². The van der Waals surface area contributed by atoms with Crippen LogP contribution in [0.1, 0.15) is 28.8 Å². The zero-order valence-corrected chi connectivity index (χ0v) is 16.8. The third-order valence-electron chi connectivity index (χ3n) is 6.30.